The number of benzene rings is 2. The van der Waals surface area contributed by atoms with Gasteiger partial charge in [-0.25, -0.2) is 0 Å². The van der Waals surface area contributed by atoms with Crippen LogP contribution < -0.4 is 5.32 Å². The van der Waals surface area contributed by atoms with Crippen LogP contribution in [-0.2, 0) is 0 Å². The van der Waals surface area contributed by atoms with Gasteiger partial charge in [-0.1, -0.05) is 61.5 Å². The van der Waals surface area contributed by atoms with E-state index < -0.39 is 0 Å². The predicted molar refractivity (Wildman–Crippen MR) is 88.3 cm³/mol. The lowest BCUT2D eigenvalue weighted by Crippen LogP contribution is -2.24. The molecule has 0 amide bonds. The highest BCUT2D eigenvalue weighted by Gasteiger charge is 2.16. The Morgan fingerprint density at radius 2 is 1.71 bits per heavy atom. The Kier molecular flexibility index (Phi) is 4.27. The standard InChI is InChI=1S/C19H20N2/c1-2-13-20-18(16-9-4-3-5-10-16)19-17-11-7-6-8-15(17)12-14-21-19/h3-12,14,18,20H,2,13H2,1H3. The molecule has 2 heteroatoms. The minimum absolute atomic E-state index is 0.136. The van der Waals surface area contributed by atoms with E-state index in [-0.39, 0.29) is 6.04 Å². The maximum Gasteiger partial charge on any atom is 0.0757 e. The highest BCUT2D eigenvalue weighted by atomic mass is 14.9. The molecule has 3 aromatic rings. The smallest absolute Gasteiger partial charge is 0.0757 e. The third-order valence-corrected chi connectivity index (χ3v) is 3.71. The van der Waals surface area contributed by atoms with Crippen molar-refractivity contribution >= 4 is 10.8 Å². The van der Waals surface area contributed by atoms with Gasteiger partial charge in [0, 0.05) is 11.6 Å². The lowest BCUT2D eigenvalue weighted by atomic mass is 9.98. The Morgan fingerprint density at radius 1 is 0.952 bits per heavy atom. The van der Waals surface area contributed by atoms with Crippen LogP contribution in [0.1, 0.15) is 30.6 Å². The van der Waals surface area contributed by atoms with Crippen LogP contribution in [0.2, 0.25) is 0 Å². The van der Waals surface area contributed by atoms with Gasteiger partial charge in [0.15, 0.2) is 0 Å². The van der Waals surface area contributed by atoms with Crippen LogP contribution >= 0.6 is 0 Å². The second-order valence-electron chi connectivity index (χ2n) is 5.22. The predicted octanol–water partition coefficient (Wildman–Crippen LogP) is 4.32. The zero-order valence-corrected chi connectivity index (χ0v) is 12.3. The monoisotopic (exact) mass is 276 g/mol. The molecular formula is C19H20N2. The fourth-order valence-electron chi connectivity index (χ4n) is 2.68. The number of nitrogens with zero attached hydrogens (tertiary/aromatic N) is 1. The molecule has 0 bridgehead atoms. The fourth-order valence-corrected chi connectivity index (χ4v) is 2.68. The number of hydrogen-bond acceptors (Lipinski definition) is 2. The number of nitrogens with one attached hydrogen (secondary N) is 1. The van der Waals surface area contributed by atoms with E-state index in [1.165, 1.54) is 16.3 Å². The minimum atomic E-state index is 0.136. The Hall–Kier alpha value is -2.19. The Labute approximate surface area is 125 Å². The summed E-state index contributed by atoms with van der Waals surface area (Å²) in [6.45, 7) is 3.16. The molecule has 0 aliphatic rings. The van der Waals surface area contributed by atoms with Gasteiger partial charge in [0.05, 0.1) is 11.7 Å². The third kappa shape index (κ3) is 2.96. The summed E-state index contributed by atoms with van der Waals surface area (Å²) < 4.78 is 0. The summed E-state index contributed by atoms with van der Waals surface area (Å²) in [4.78, 5) is 4.67. The van der Waals surface area contributed by atoms with Gasteiger partial charge in [0.25, 0.3) is 0 Å². The van der Waals surface area contributed by atoms with Crippen LogP contribution in [0.25, 0.3) is 10.8 Å². The average Bonchev–Trinajstić information content (AvgIpc) is 2.56. The molecule has 0 aliphatic carbocycles. The molecule has 1 aromatic heterocycles. The van der Waals surface area contributed by atoms with Gasteiger partial charge in [-0.05, 0) is 30.0 Å². The second kappa shape index (κ2) is 6.51. The molecule has 2 aromatic carbocycles. The number of hydrogen-bond donors (Lipinski definition) is 1. The minimum Gasteiger partial charge on any atom is -0.305 e. The summed E-state index contributed by atoms with van der Waals surface area (Å²) in [5.41, 5.74) is 2.36. The van der Waals surface area contributed by atoms with Crippen LogP contribution in [0.5, 0.6) is 0 Å². The molecule has 2 nitrogen and oxygen atoms in total. The summed E-state index contributed by atoms with van der Waals surface area (Å²) in [6, 6.07) is 21.2. The van der Waals surface area contributed by atoms with E-state index in [1.807, 2.05) is 6.20 Å². The first kappa shape index (κ1) is 13.8. The molecule has 3 rings (SSSR count). The summed E-state index contributed by atoms with van der Waals surface area (Å²) in [5.74, 6) is 0. The molecular weight excluding hydrogens is 256 g/mol. The topological polar surface area (TPSA) is 24.9 Å². The largest absolute Gasteiger partial charge is 0.305 e. The SMILES string of the molecule is CCCNC(c1ccccc1)c1nccc2ccccc12. The summed E-state index contributed by atoms with van der Waals surface area (Å²) in [6.07, 6.45) is 3.01. The number of pyridine rings is 1. The summed E-state index contributed by atoms with van der Waals surface area (Å²) in [5, 5.41) is 6.09. The lowest BCUT2D eigenvalue weighted by molar-refractivity contribution is 0.590. The molecule has 1 N–H and O–H groups in total. The van der Waals surface area contributed by atoms with Gasteiger partial charge in [-0.3, -0.25) is 4.98 Å². The van der Waals surface area contributed by atoms with Crippen LogP contribution in [0.15, 0.2) is 66.9 Å². The van der Waals surface area contributed by atoms with Crippen molar-refractivity contribution in [2.24, 2.45) is 0 Å². The number of aromatic nitrogens is 1. The number of rotatable bonds is 5. The Bertz CT molecular complexity index is 702. The molecule has 0 saturated heterocycles. The van der Waals surface area contributed by atoms with Crippen LogP contribution in [0, 0.1) is 0 Å². The normalized spacial score (nSPS) is 12.4. The first-order valence-corrected chi connectivity index (χ1v) is 7.52. The van der Waals surface area contributed by atoms with E-state index in [9.17, 15) is 0 Å². The molecule has 1 heterocycles. The van der Waals surface area contributed by atoms with E-state index >= 15 is 0 Å². The van der Waals surface area contributed by atoms with Crippen LogP contribution in [0.3, 0.4) is 0 Å². The first-order chi connectivity index (χ1) is 10.4. The highest BCUT2D eigenvalue weighted by molar-refractivity contribution is 5.85. The summed E-state index contributed by atoms with van der Waals surface area (Å²) in [7, 11) is 0. The van der Waals surface area contributed by atoms with E-state index in [0.717, 1.165) is 18.7 Å². The molecule has 0 aliphatic heterocycles. The first-order valence-electron chi connectivity index (χ1n) is 7.52. The van der Waals surface area contributed by atoms with E-state index in [2.05, 4.69) is 77.9 Å². The van der Waals surface area contributed by atoms with Crippen molar-refractivity contribution in [2.75, 3.05) is 6.54 Å². The van der Waals surface area contributed by atoms with Crippen molar-refractivity contribution in [3.63, 3.8) is 0 Å². The third-order valence-electron chi connectivity index (χ3n) is 3.71. The maximum absolute atomic E-state index is 4.67. The molecule has 0 spiro atoms. The van der Waals surface area contributed by atoms with Crippen molar-refractivity contribution in [3.05, 3.63) is 78.1 Å². The highest BCUT2D eigenvalue weighted by Crippen LogP contribution is 2.27. The van der Waals surface area contributed by atoms with Gasteiger partial charge in [0.2, 0.25) is 0 Å². The average molecular weight is 276 g/mol. The van der Waals surface area contributed by atoms with Gasteiger partial charge in [0.1, 0.15) is 0 Å². The van der Waals surface area contributed by atoms with Crippen molar-refractivity contribution in [1.82, 2.24) is 10.3 Å². The van der Waals surface area contributed by atoms with E-state index in [4.69, 9.17) is 0 Å². The molecule has 0 radical (unpaired) electrons. The molecule has 1 unspecified atom stereocenters. The summed E-state index contributed by atoms with van der Waals surface area (Å²) >= 11 is 0. The fraction of sp³-hybridized carbons (Fsp3) is 0.211. The Morgan fingerprint density at radius 3 is 2.52 bits per heavy atom. The molecule has 0 fully saturated rings. The van der Waals surface area contributed by atoms with Gasteiger partial charge >= 0.3 is 0 Å². The van der Waals surface area contributed by atoms with E-state index in [0.29, 0.717) is 0 Å². The molecule has 1 atom stereocenters. The van der Waals surface area contributed by atoms with Crippen LogP contribution in [-0.4, -0.2) is 11.5 Å². The lowest BCUT2D eigenvalue weighted by Gasteiger charge is -2.20. The quantitative estimate of drug-likeness (QED) is 0.750. The Balaban J connectivity index is 2.10. The van der Waals surface area contributed by atoms with Gasteiger partial charge in [-0.15, -0.1) is 0 Å². The number of fused-ring (bicyclic) bond motifs is 1. The maximum atomic E-state index is 4.67. The molecule has 106 valence electrons. The van der Waals surface area contributed by atoms with Crippen molar-refractivity contribution < 1.29 is 0 Å². The molecule has 0 saturated carbocycles. The zero-order chi connectivity index (χ0) is 14.5. The van der Waals surface area contributed by atoms with Gasteiger partial charge < -0.3 is 5.32 Å². The molecule has 21 heavy (non-hydrogen) atoms. The van der Waals surface area contributed by atoms with Crippen molar-refractivity contribution in [3.8, 4) is 0 Å². The van der Waals surface area contributed by atoms with Crippen LogP contribution in [0.4, 0.5) is 0 Å². The van der Waals surface area contributed by atoms with E-state index in [1.54, 1.807) is 0 Å². The zero-order valence-electron chi connectivity index (χ0n) is 12.3. The van der Waals surface area contributed by atoms with Crippen molar-refractivity contribution in [1.29, 1.82) is 0 Å². The van der Waals surface area contributed by atoms with Crippen molar-refractivity contribution in [2.45, 2.75) is 19.4 Å². The second-order valence-corrected chi connectivity index (χ2v) is 5.22. The van der Waals surface area contributed by atoms with Gasteiger partial charge in [-0.2, -0.15) is 0 Å².